The molecule has 37 heavy (non-hydrogen) atoms. The number of benzene rings is 2. The van der Waals surface area contributed by atoms with Crippen molar-refractivity contribution in [1.82, 2.24) is 10.3 Å². The lowest BCUT2D eigenvalue weighted by Gasteiger charge is -2.14. The first-order valence-corrected chi connectivity index (χ1v) is 10.9. The molecule has 0 aliphatic heterocycles. The van der Waals surface area contributed by atoms with Gasteiger partial charge < -0.3 is 25.6 Å². The van der Waals surface area contributed by atoms with Gasteiger partial charge in [0.05, 0.1) is 12.7 Å². The summed E-state index contributed by atoms with van der Waals surface area (Å²) in [6.45, 7) is 0.0966. The van der Waals surface area contributed by atoms with Gasteiger partial charge >= 0.3 is 12.1 Å². The van der Waals surface area contributed by atoms with Crippen LogP contribution in [0.2, 0.25) is 0 Å². The van der Waals surface area contributed by atoms with E-state index in [9.17, 15) is 27.9 Å². The average Bonchev–Trinajstić information content (AvgIpc) is 2.86. The van der Waals surface area contributed by atoms with Crippen LogP contribution in [-0.2, 0) is 11.2 Å². The topological polar surface area (TPSA) is 148 Å². The highest BCUT2D eigenvalue weighted by molar-refractivity contribution is 5.98. The van der Waals surface area contributed by atoms with E-state index in [0.29, 0.717) is 41.0 Å². The molecule has 1 heterocycles. The molecule has 3 rings (SSSR count). The molecule has 0 aliphatic carbocycles. The van der Waals surface area contributed by atoms with E-state index in [1.807, 2.05) is 0 Å². The summed E-state index contributed by atoms with van der Waals surface area (Å²) in [6.07, 6.45) is -3.16. The van der Waals surface area contributed by atoms with Crippen LogP contribution in [0.3, 0.4) is 0 Å². The SMILES string of the molecule is COc1ccc(-c2ccc(C(=O)NCCCc3cc(C(=N)N)ccc3O)c(OC(=O)C(F)(F)F)c2)cn1. The molecule has 0 radical (unpaired) electrons. The van der Waals surface area contributed by atoms with E-state index in [1.165, 1.54) is 37.6 Å². The van der Waals surface area contributed by atoms with Crippen molar-refractivity contribution in [2.45, 2.75) is 19.0 Å². The van der Waals surface area contributed by atoms with Gasteiger partial charge in [-0.25, -0.2) is 9.78 Å². The van der Waals surface area contributed by atoms with Gasteiger partial charge in [0, 0.05) is 29.9 Å². The highest BCUT2D eigenvalue weighted by Gasteiger charge is 2.42. The number of phenolic OH excluding ortho intramolecular Hbond substituents is 1. The Bertz CT molecular complexity index is 1310. The van der Waals surface area contributed by atoms with Crippen LogP contribution in [0.5, 0.6) is 17.4 Å². The zero-order valence-corrected chi connectivity index (χ0v) is 19.6. The number of nitrogens with one attached hydrogen (secondary N) is 2. The smallest absolute Gasteiger partial charge is 0.491 e. The number of methoxy groups -OCH3 is 1. The van der Waals surface area contributed by atoms with E-state index in [2.05, 4.69) is 15.0 Å². The van der Waals surface area contributed by atoms with Crippen LogP contribution in [0, 0.1) is 5.41 Å². The van der Waals surface area contributed by atoms with Crippen LogP contribution < -0.4 is 20.5 Å². The first-order valence-electron chi connectivity index (χ1n) is 10.9. The maximum Gasteiger partial charge on any atom is 0.491 e. The normalized spacial score (nSPS) is 11.0. The lowest BCUT2D eigenvalue weighted by molar-refractivity contribution is -0.189. The number of rotatable bonds is 9. The van der Waals surface area contributed by atoms with Crippen molar-refractivity contribution in [2.75, 3.05) is 13.7 Å². The van der Waals surface area contributed by atoms with Gasteiger partial charge in [-0.1, -0.05) is 6.07 Å². The number of halogens is 3. The number of hydrogen-bond acceptors (Lipinski definition) is 7. The molecule has 12 heteroatoms. The number of phenols is 1. The lowest BCUT2D eigenvalue weighted by atomic mass is 10.0. The van der Waals surface area contributed by atoms with Crippen molar-refractivity contribution in [3.05, 3.63) is 71.4 Å². The number of carbonyl (C=O) groups excluding carboxylic acids is 2. The summed E-state index contributed by atoms with van der Waals surface area (Å²) in [5.74, 6) is -3.63. The Kier molecular flexibility index (Phi) is 8.33. The highest BCUT2D eigenvalue weighted by Crippen LogP contribution is 2.30. The summed E-state index contributed by atoms with van der Waals surface area (Å²) in [4.78, 5) is 28.3. The number of aromatic nitrogens is 1. The van der Waals surface area contributed by atoms with Crippen molar-refractivity contribution in [3.8, 4) is 28.5 Å². The number of carbonyl (C=O) groups is 2. The monoisotopic (exact) mass is 516 g/mol. The molecule has 9 nitrogen and oxygen atoms in total. The number of pyridine rings is 1. The molecule has 0 atom stereocenters. The van der Waals surface area contributed by atoms with Crippen molar-refractivity contribution < 1.29 is 37.3 Å². The fourth-order valence-corrected chi connectivity index (χ4v) is 3.33. The van der Waals surface area contributed by atoms with Gasteiger partial charge in [0.2, 0.25) is 5.88 Å². The van der Waals surface area contributed by atoms with Gasteiger partial charge in [0.15, 0.2) is 0 Å². The summed E-state index contributed by atoms with van der Waals surface area (Å²) in [6, 6.07) is 11.5. The molecule has 0 fully saturated rings. The second kappa shape index (κ2) is 11.4. The second-order valence-electron chi connectivity index (χ2n) is 7.80. The number of amidine groups is 1. The third-order valence-electron chi connectivity index (χ3n) is 5.24. The van der Waals surface area contributed by atoms with Crippen molar-refractivity contribution in [1.29, 1.82) is 5.41 Å². The molecule has 1 amide bonds. The van der Waals surface area contributed by atoms with Crippen LogP contribution in [0.1, 0.15) is 27.9 Å². The predicted molar refractivity (Wildman–Crippen MR) is 128 cm³/mol. The Morgan fingerprint density at radius 3 is 2.46 bits per heavy atom. The number of esters is 1. The Balaban J connectivity index is 1.76. The molecular formula is C25H23F3N4O5. The van der Waals surface area contributed by atoms with E-state index >= 15 is 0 Å². The first-order chi connectivity index (χ1) is 17.5. The van der Waals surface area contributed by atoms with Crippen LogP contribution in [0.4, 0.5) is 13.2 Å². The van der Waals surface area contributed by atoms with Crippen LogP contribution in [0.15, 0.2) is 54.7 Å². The van der Waals surface area contributed by atoms with Gasteiger partial charge in [0.1, 0.15) is 17.3 Å². The number of alkyl halides is 3. The fraction of sp³-hybridized carbons (Fsp3) is 0.200. The minimum atomic E-state index is -5.26. The number of aryl methyl sites for hydroxylation is 1. The van der Waals surface area contributed by atoms with E-state index < -0.39 is 23.8 Å². The zero-order chi connectivity index (χ0) is 27.2. The summed E-state index contributed by atoms with van der Waals surface area (Å²) in [5, 5.41) is 20.0. The number of nitrogens with zero attached hydrogens (tertiary/aromatic N) is 1. The third-order valence-corrected chi connectivity index (χ3v) is 5.24. The summed E-state index contributed by atoms with van der Waals surface area (Å²) in [7, 11) is 1.43. The number of amides is 1. The number of nitrogens with two attached hydrogens (primary N) is 1. The lowest BCUT2D eigenvalue weighted by Crippen LogP contribution is -2.30. The fourth-order valence-electron chi connectivity index (χ4n) is 3.33. The molecule has 0 spiro atoms. The van der Waals surface area contributed by atoms with Crippen molar-refractivity contribution in [3.63, 3.8) is 0 Å². The van der Waals surface area contributed by atoms with E-state index in [-0.39, 0.29) is 23.7 Å². The van der Waals surface area contributed by atoms with E-state index in [4.69, 9.17) is 15.9 Å². The Labute approximate surface area is 209 Å². The molecule has 194 valence electrons. The van der Waals surface area contributed by atoms with Gasteiger partial charge in [-0.3, -0.25) is 10.2 Å². The molecule has 0 bridgehead atoms. The number of aromatic hydroxyl groups is 1. The molecule has 2 aromatic carbocycles. The Morgan fingerprint density at radius 2 is 1.84 bits per heavy atom. The molecule has 5 N–H and O–H groups in total. The number of nitrogen functional groups attached to an aromatic ring is 1. The van der Waals surface area contributed by atoms with Gasteiger partial charge in [0.25, 0.3) is 5.91 Å². The maximum atomic E-state index is 12.9. The standard InChI is InChI=1S/C25H23F3N4O5/c1-36-21-9-6-17(13-32-21)14-4-7-18(20(12-14)37-24(35)25(26,27)28)23(34)31-10-2-3-15-11-16(22(29)30)5-8-19(15)33/h4-9,11-13,33H,2-3,10H2,1H3,(H3,29,30)(H,31,34). The molecule has 0 saturated carbocycles. The maximum absolute atomic E-state index is 12.9. The molecule has 0 aliphatic rings. The molecule has 0 saturated heterocycles. The minimum Gasteiger partial charge on any atom is -0.508 e. The minimum absolute atomic E-state index is 0.00119. The Hall–Kier alpha value is -4.61. The highest BCUT2D eigenvalue weighted by atomic mass is 19.4. The zero-order valence-electron chi connectivity index (χ0n) is 19.6. The third kappa shape index (κ3) is 6.97. The van der Waals surface area contributed by atoms with Crippen LogP contribution >= 0.6 is 0 Å². The first kappa shape index (κ1) is 27.0. The molecule has 0 unspecified atom stereocenters. The van der Waals surface area contributed by atoms with Crippen LogP contribution in [-0.4, -0.2) is 47.6 Å². The van der Waals surface area contributed by atoms with Crippen LogP contribution in [0.25, 0.3) is 11.1 Å². The summed E-state index contributed by atoms with van der Waals surface area (Å²) in [5.41, 5.74) is 6.98. The summed E-state index contributed by atoms with van der Waals surface area (Å²) >= 11 is 0. The van der Waals surface area contributed by atoms with E-state index in [0.717, 1.165) is 6.07 Å². The van der Waals surface area contributed by atoms with E-state index in [1.54, 1.807) is 18.2 Å². The largest absolute Gasteiger partial charge is 0.508 e. The van der Waals surface area contributed by atoms with Crippen molar-refractivity contribution in [2.24, 2.45) is 5.73 Å². The average molecular weight is 516 g/mol. The quantitative estimate of drug-likeness (QED) is 0.112. The van der Waals surface area contributed by atoms with Gasteiger partial charge in [-0.2, -0.15) is 13.2 Å². The number of ether oxygens (including phenoxy) is 2. The second-order valence-corrected chi connectivity index (χ2v) is 7.80. The predicted octanol–water partition coefficient (Wildman–Crippen LogP) is 3.58. The van der Waals surface area contributed by atoms with Crippen molar-refractivity contribution >= 4 is 17.7 Å². The summed E-state index contributed by atoms with van der Waals surface area (Å²) < 4.78 is 48.1. The van der Waals surface area contributed by atoms with Gasteiger partial charge in [-0.05, 0) is 60.4 Å². The van der Waals surface area contributed by atoms with Gasteiger partial charge in [-0.15, -0.1) is 0 Å². The molecule has 3 aromatic rings. The molecular weight excluding hydrogens is 493 g/mol. The Morgan fingerprint density at radius 1 is 1.11 bits per heavy atom. The number of hydrogen-bond donors (Lipinski definition) is 4. The molecule has 1 aromatic heterocycles.